The van der Waals surface area contributed by atoms with Crippen LogP contribution in [-0.4, -0.2) is 24.7 Å². The van der Waals surface area contributed by atoms with E-state index in [1.54, 1.807) is 20.8 Å². The summed E-state index contributed by atoms with van der Waals surface area (Å²) in [5.41, 5.74) is 0.527. The van der Waals surface area contributed by atoms with Crippen molar-refractivity contribution in [3.05, 3.63) is 45.1 Å². The number of hydrogen-bond acceptors (Lipinski definition) is 1. The first-order chi connectivity index (χ1) is 12.4. The maximum Gasteiger partial charge on any atom is 0.205 e. The Kier molecular flexibility index (Phi) is 5.00. The van der Waals surface area contributed by atoms with Crippen LogP contribution >= 0.6 is 0 Å². The van der Waals surface area contributed by atoms with Crippen molar-refractivity contribution in [2.24, 2.45) is 22.7 Å². The quantitative estimate of drug-likeness (QED) is 0.365. The van der Waals surface area contributed by atoms with Gasteiger partial charge in [-0.15, -0.1) is 0 Å². The van der Waals surface area contributed by atoms with Crippen molar-refractivity contribution in [3.8, 4) is 0 Å². The predicted molar refractivity (Wildman–Crippen MR) is 132 cm³/mol. The lowest BCUT2D eigenvalue weighted by atomic mass is 9.82. The average Bonchev–Trinajstić information content (AvgIpc) is 3.10. The van der Waals surface area contributed by atoms with Crippen LogP contribution < -0.4 is 0 Å². The Morgan fingerprint density at radius 2 is 0.857 bits per heavy atom. The molecule has 0 bridgehead atoms. The molecule has 0 aromatic carbocycles. The van der Waals surface area contributed by atoms with Crippen LogP contribution in [0, 0.1) is 22.7 Å². The first-order valence-electron chi connectivity index (χ1n) is 11.0. The number of allylic oxidation sites excluding steroid dienone is 8. The summed E-state index contributed by atoms with van der Waals surface area (Å²) in [6.45, 7) is 29.3. The summed E-state index contributed by atoms with van der Waals surface area (Å²) >= 11 is 0. The molecule has 0 N–H and O–H groups in total. The Bertz CT molecular complexity index is 742. The van der Waals surface area contributed by atoms with Gasteiger partial charge >= 0.3 is 0 Å². The molecule has 0 aromatic rings. The largest absolute Gasteiger partial charge is 0.449 e. The Labute approximate surface area is 177 Å². The van der Waals surface area contributed by atoms with E-state index in [1.807, 2.05) is 0 Å². The summed E-state index contributed by atoms with van der Waals surface area (Å²) in [7, 11) is -5.69. The van der Waals surface area contributed by atoms with Crippen LogP contribution in [0.4, 0.5) is 0 Å². The highest BCUT2D eigenvalue weighted by Crippen LogP contribution is 2.52. The molecule has 0 spiro atoms. The third-order valence-electron chi connectivity index (χ3n) is 7.12. The number of rotatable bonds is 0. The van der Waals surface area contributed by atoms with Crippen molar-refractivity contribution < 1.29 is 4.12 Å². The molecule has 3 aliphatic rings. The van der Waals surface area contributed by atoms with Crippen molar-refractivity contribution in [1.82, 2.24) is 0 Å². The second-order valence-corrected chi connectivity index (χ2v) is 25.1. The molecule has 1 heterocycles. The van der Waals surface area contributed by atoms with E-state index < -0.39 is 24.7 Å². The van der Waals surface area contributed by atoms with Crippen molar-refractivity contribution in [2.75, 3.05) is 0 Å². The van der Waals surface area contributed by atoms with E-state index in [1.165, 1.54) is 0 Å². The highest BCUT2D eigenvalue weighted by Gasteiger charge is 2.53. The van der Waals surface area contributed by atoms with Gasteiger partial charge in [0, 0.05) is 11.8 Å². The van der Waals surface area contributed by atoms with E-state index in [0.717, 1.165) is 0 Å². The van der Waals surface area contributed by atoms with Gasteiger partial charge in [0.25, 0.3) is 0 Å². The molecule has 4 heteroatoms. The van der Waals surface area contributed by atoms with Gasteiger partial charge < -0.3 is 4.12 Å². The summed E-state index contributed by atoms with van der Waals surface area (Å²) in [4.78, 5) is 0. The van der Waals surface area contributed by atoms with Gasteiger partial charge in [0.2, 0.25) is 16.6 Å². The minimum atomic E-state index is -1.95. The molecule has 0 amide bonds. The molecule has 2 unspecified atom stereocenters. The molecule has 2 aliphatic carbocycles. The summed E-state index contributed by atoms with van der Waals surface area (Å²) in [5.74, 6) is 1.05. The molecular weight excluding hydrogens is 389 g/mol. The van der Waals surface area contributed by atoms with Crippen molar-refractivity contribution in [3.63, 3.8) is 0 Å². The predicted octanol–water partition coefficient (Wildman–Crippen LogP) is 7.35. The molecule has 0 saturated carbocycles. The summed E-state index contributed by atoms with van der Waals surface area (Å²) in [6, 6.07) is 0. The highest BCUT2D eigenvalue weighted by molar-refractivity contribution is 7.03. The Morgan fingerprint density at radius 3 is 1.14 bits per heavy atom. The van der Waals surface area contributed by atoms with Gasteiger partial charge in [0.1, 0.15) is 8.07 Å². The standard InChI is InChI=1S/C24H42OSi3/c1-23(2,3)17-13-19-21(15-17)27(9,10)25-28(11,12)22-16-18(24(4,5)6)14-20(22)26(19,7)8/h13-18H,1-12H3. The zero-order valence-electron chi connectivity index (χ0n) is 20.4. The van der Waals surface area contributed by atoms with Crippen LogP contribution in [0.1, 0.15) is 41.5 Å². The van der Waals surface area contributed by atoms with Gasteiger partial charge in [-0.05, 0) is 47.4 Å². The molecule has 156 valence electrons. The van der Waals surface area contributed by atoms with Gasteiger partial charge in [-0.2, -0.15) is 0 Å². The molecule has 1 aliphatic heterocycles. The average molecular weight is 431 g/mol. The first-order valence-corrected chi connectivity index (χ1v) is 19.8. The van der Waals surface area contributed by atoms with Crippen molar-refractivity contribution >= 4 is 24.7 Å². The smallest absolute Gasteiger partial charge is 0.205 e. The maximum absolute atomic E-state index is 7.19. The number of hydrogen-bond donors (Lipinski definition) is 0. The molecule has 0 aromatic heterocycles. The third-order valence-corrected chi connectivity index (χ3v) is 18.7. The Hall–Kier alpha value is -0.429. The molecule has 1 saturated heterocycles. The zero-order valence-corrected chi connectivity index (χ0v) is 23.4. The molecule has 3 rings (SSSR count). The SMILES string of the molecule is CC(C)(C)C1C=C2C(=C1)[Si](C)(C)C1=CC(C(C)(C)C)C=C1[Si](C)(C)O[Si]2(C)C. The van der Waals surface area contributed by atoms with Gasteiger partial charge in [0.05, 0.1) is 0 Å². The number of fused-ring (bicyclic) bond motifs is 2. The maximum atomic E-state index is 7.19. The van der Waals surface area contributed by atoms with E-state index in [2.05, 4.69) is 105 Å². The fraction of sp³-hybridized carbons (Fsp3) is 0.667. The molecular formula is C24H42OSi3. The van der Waals surface area contributed by atoms with E-state index in [4.69, 9.17) is 4.12 Å². The van der Waals surface area contributed by atoms with E-state index >= 15 is 0 Å². The van der Waals surface area contributed by atoms with E-state index in [0.29, 0.717) is 11.8 Å². The van der Waals surface area contributed by atoms with Gasteiger partial charge in [-0.1, -0.05) is 89.3 Å². The summed E-state index contributed by atoms with van der Waals surface area (Å²) in [5, 5.41) is 6.59. The van der Waals surface area contributed by atoms with Gasteiger partial charge in [-0.3, -0.25) is 0 Å². The molecule has 1 fully saturated rings. The van der Waals surface area contributed by atoms with Crippen LogP contribution in [0.3, 0.4) is 0 Å². The van der Waals surface area contributed by atoms with Crippen LogP contribution in [0.2, 0.25) is 39.3 Å². The minimum Gasteiger partial charge on any atom is -0.449 e. The van der Waals surface area contributed by atoms with Crippen LogP contribution in [-0.2, 0) is 4.12 Å². The van der Waals surface area contributed by atoms with Crippen LogP contribution in [0.15, 0.2) is 45.1 Å². The van der Waals surface area contributed by atoms with Gasteiger partial charge in [-0.25, -0.2) is 0 Å². The van der Waals surface area contributed by atoms with Crippen molar-refractivity contribution in [1.29, 1.82) is 0 Å². The molecule has 1 nitrogen and oxygen atoms in total. The second-order valence-electron chi connectivity index (χ2n) is 12.9. The first kappa shape index (κ1) is 22.3. The molecule has 2 atom stereocenters. The lowest BCUT2D eigenvalue weighted by Gasteiger charge is -2.45. The van der Waals surface area contributed by atoms with E-state index in [-0.39, 0.29) is 10.8 Å². The van der Waals surface area contributed by atoms with E-state index in [9.17, 15) is 0 Å². The van der Waals surface area contributed by atoms with Crippen LogP contribution in [0.25, 0.3) is 0 Å². The monoisotopic (exact) mass is 430 g/mol. The minimum absolute atomic E-state index is 0.264. The topological polar surface area (TPSA) is 9.23 Å². The third kappa shape index (κ3) is 3.59. The molecule has 28 heavy (non-hydrogen) atoms. The molecule has 0 radical (unpaired) electrons. The zero-order chi connectivity index (χ0) is 21.5. The summed E-state index contributed by atoms with van der Waals surface area (Å²) < 4.78 is 7.19. The Morgan fingerprint density at radius 1 is 0.571 bits per heavy atom. The normalized spacial score (nSPS) is 31.0. The van der Waals surface area contributed by atoms with Crippen LogP contribution in [0.5, 0.6) is 0 Å². The Balaban J connectivity index is 2.26. The van der Waals surface area contributed by atoms with Gasteiger partial charge in [0.15, 0.2) is 0 Å². The lowest BCUT2D eigenvalue weighted by Crippen LogP contribution is -2.54. The second kappa shape index (κ2) is 6.29. The fourth-order valence-corrected chi connectivity index (χ4v) is 20.5. The lowest BCUT2D eigenvalue weighted by molar-refractivity contribution is 0.346. The fourth-order valence-electron chi connectivity index (χ4n) is 5.21. The highest BCUT2D eigenvalue weighted by atomic mass is 28.4. The van der Waals surface area contributed by atoms with Crippen molar-refractivity contribution in [2.45, 2.75) is 80.8 Å². The summed E-state index contributed by atoms with van der Waals surface area (Å²) in [6.07, 6.45) is 10.5.